The predicted octanol–water partition coefficient (Wildman–Crippen LogP) is 1.15. The van der Waals surface area contributed by atoms with Crippen LogP contribution in [-0.2, 0) is 22.9 Å². The van der Waals surface area contributed by atoms with Gasteiger partial charge in [0.25, 0.3) is 0 Å². The van der Waals surface area contributed by atoms with Crippen LogP contribution in [-0.4, -0.2) is 57.1 Å². The third-order valence-corrected chi connectivity index (χ3v) is 6.68. The number of aromatic carboxylic acids is 1. The quantitative estimate of drug-likeness (QED) is 0.699. The van der Waals surface area contributed by atoms with Crippen molar-refractivity contribution in [3.63, 3.8) is 0 Å². The Bertz CT molecular complexity index is 1130. The molecule has 1 N–H and O–H groups in total. The molecule has 1 aliphatic rings. The van der Waals surface area contributed by atoms with Gasteiger partial charge in [-0.15, -0.1) is 5.10 Å². The lowest BCUT2D eigenvalue weighted by Crippen LogP contribution is -2.33. The minimum absolute atomic E-state index is 0.165. The Hall–Kier alpha value is -3.11. The maximum atomic E-state index is 13.2. The van der Waals surface area contributed by atoms with E-state index in [2.05, 4.69) is 15.5 Å². The Kier molecular flexibility index (Phi) is 4.65. The van der Waals surface area contributed by atoms with Crippen molar-refractivity contribution in [2.45, 2.75) is 17.7 Å². The second kappa shape index (κ2) is 7.13. The summed E-state index contributed by atoms with van der Waals surface area (Å²) in [5.74, 6) is -0.990. The van der Waals surface area contributed by atoms with Crippen LogP contribution in [0.1, 0.15) is 21.5 Å². The van der Waals surface area contributed by atoms with Crippen LogP contribution in [0, 0.1) is 0 Å². The normalized spacial score (nSPS) is 15.0. The first kappa shape index (κ1) is 18.3. The van der Waals surface area contributed by atoms with Gasteiger partial charge in [0, 0.05) is 13.1 Å². The van der Waals surface area contributed by atoms with Crippen LogP contribution in [0.15, 0.2) is 53.7 Å². The molecule has 0 fully saturated rings. The summed E-state index contributed by atoms with van der Waals surface area (Å²) in [7, 11) is -3.71. The van der Waals surface area contributed by atoms with Crippen molar-refractivity contribution in [2.24, 2.45) is 0 Å². The average molecular weight is 399 g/mol. The minimum atomic E-state index is -3.71. The zero-order valence-corrected chi connectivity index (χ0v) is 15.6. The van der Waals surface area contributed by atoms with E-state index < -0.39 is 16.0 Å². The van der Waals surface area contributed by atoms with E-state index in [1.807, 2.05) is 0 Å². The van der Waals surface area contributed by atoms with Crippen LogP contribution in [0.5, 0.6) is 0 Å². The molecule has 0 atom stereocenters. The number of sulfonamides is 1. The number of nitrogens with zero attached hydrogens (tertiary/aromatic N) is 5. The molecule has 0 radical (unpaired) electrons. The maximum Gasteiger partial charge on any atom is 0.335 e. The van der Waals surface area contributed by atoms with Crippen LogP contribution < -0.4 is 0 Å². The molecule has 10 heteroatoms. The zero-order chi connectivity index (χ0) is 19.7. The fraction of sp³-hybridized carbons (Fsp3) is 0.222. The van der Waals surface area contributed by atoms with Gasteiger partial charge in [0.1, 0.15) is 6.33 Å². The summed E-state index contributed by atoms with van der Waals surface area (Å²) in [6.45, 7) is 0.615. The Morgan fingerprint density at radius 3 is 2.54 bits per heavy atom. The molecule has 0 unspecified atom stereocenters. The predicted molar refractivity (Wildman–Crippen MR) is 98.7 cm³/mol. The van der Waals surface area contributed by atoms with Crippen molar-refractivity contribution >= 4 is 16.0 Å². The van der Waals surface area contributed by atoms with Gasteiger partial charge in [-0.3, -0.25) is 0 Å². The first-order valence-corrected chi connectivity index (χ1v) is 10.1. The molecule has 2 heterocycles. The van der Waals surface area contributed by atoms with Crippen LogP contribution in [0.3, 0.4) is 0 Å². The summed E-state index contributed by atoms with van der Waals surface area (Å²) >= 11 is 0. The summed E-state index contributed by atoms with van der Waals surface area (Å²) in [5, 5.41) is 20.1. The summed E-state index contributed by atoms with van der Waals surface area (Å²) in [6, 6.07) is 11.4. The average Bonchev–Trinajstić information content (AvgIpc) is 3.14. The number of rotatable bonds is 4. The molecule has 0 amide bonds. The first-order valence-electron chi connectivity index (χ1n) is 8.64. The van der Waals surface area contributed by atoms with Crippen molar-refractivity contribution in [1.82, 2.24) is 24.5 Å². The standard InChI is InChI=1S/C18H17N5O4S/c24-18(25)15-5-4-13-6-8-22(9-7-14(13)10-15)28(26,27)17-3-1-2-16(11-17)23-12-19-20-21-23/h1-5,10-12H,6-9H2,(H,24,25). The van der Waals surface area contributed by atoms with Crippen molar-refractivity contribution < 1.29 is 18.3 Å². The van der Waals surface area contributed by atoms with Gasteiger partial charge in [-0.1, -0.05) is 12.1 Å². The molecule has 9 nitrogen and oxygen atoms in total. The molecule has 1 aromatic heterocycles. The fourth-order valence-corrected chi connectivity index (χ4v) is 4.77. The highest BCUT2D eigenvalue weighted by Crippen LogP contribution is 2.24. The smallest absolute Gasteiger partial charge is 0.335 e. The van der Waals surface area contributed by atoms with E-state index in [-0.39, 0.29) is 17.0 Å². The van der Waals surface area contributed by atoms with E-state index in [0.717, 1.165) is 11.1 Å². The molecule has 1 aliphatic heterocycles. The maximum absolute atomic E-state index is 13.2. The van der Waals surface area contributed by atoms with E-state index in [9.17, 15) is 13.2 Å². The molecule has 2 aromatic carbocycles. The van der Waals surface area contributed by atoms with E-state index in [4.69, 9.17) is 5.11 Å². The minimum Gasteiger partial charge on any atom is -0.478 e. The van der Waals surface area contributed by atoms with Gasteiger partial charge >= 0.3 is 5.97 Å². The van der Waals surface area contributed by atoms with Crippen LogP contribution in [0.2, 0.25) is 0 Å². The van der Waals surface area contributed by atoms with E-state index in [1.54, 1.807) is 36.4 Å². The molecule has 0 aliphatic carbocycles. The lowest BCUT2D eigenvalue weighted by Gasteiger charge is -2.20. The van der Waals surface area contributed by atoms with Crippen molar-refractivity contribution in [1.29, 1.82) is 0 Å². The van der Waals surface area contributed by atoms with Gasteiger partial charge in [-0.2, -0.15) is 4.31 Å². The third kappa shape index (κ3) is 3.39. The van der Waals surface area contributed by atoms with Gasteiger partial charge < -0.3 is 5.11 Å². The highest BCUT2D eigenvalue weighted by molar-refractivity contribution is 7.89. The number of benzene rings is 2. The zero-order valence-electron chi connectivity index (χ0n) is 14.8. The van der Waals surface area contributed by atoms with E-state index >= 15 is 0 Å². The van der Waals surface area contributed by atoms with Crippen molar-refractivity contribution in [3.05, 3.63) is 65.5 Å². The molecule has 0 bridgehead atoms. The highest BCUT2D eigenvalue weighted by Gasteiger charge is 2.27. The van der Waals surface area contributed by atoms with Crippen molar-refractivity contribution in [2.75, 3.05) is 13.1 Å². The van der Waals surface area contributed by atoms with Gasteiger partial charge in [0.2, 0.25) is 10.0 Å². The molecule has 144 valence electrons. The second-order valence-corrected chi connectivity index (χ2v) is 8.38. The van der Waals surface area contributed by atoms with Crippen LogP contribution >= 0.6 is 0 Å². The third-order valence-electron chi connectivity index (χ3n) is 4.78. The summed E-state index contributed by atoms with van der Waals surface area (Å²) in [4.78, 5) is 11.4. The summed E-state index contributed by atoms with van der Waals surface area (Å²) in [6.07, 6.45) is 2.39. The summed E-state index contributed by atoms with van der Waals surface area (Å²) < 4.78 is 29.1. The van der Waals surface area contributed by atoms with Crippen LogP contribution in [0.4, 0.5) is 0 Å². The highest BCUT2D eigenvalue weighted by atomic mass is 32.2. The monoisotopic (exact) mass is 399 g/mol. The van der Waals surface area contributed by atoms with Gasteiger partial charge in [-0.05, 0) is 64.7 Å². The SMILES string of the molecule is O=C(O)c1ccc2c(c1)CCN(S(=O)(=O)c1cccc(-n3cnnn3)c1)CC2. The second-order valence-electron chi connectivity index (χ2n) is 6.44. The number of tetrazole rings is 1. The van der Waals surface area contributed by atoms with Crippen molar-refractivity contribution in [3.8, 4) is 5.69 Å². The summed E-state index contributed by atoms with van der Waals surface area (Å²) in [5.41, 5.74) is 2.62. The Balaban J connectivity index is 1.61. The number of hydrogen-bond donors (Lipinski definition) is 1. The molecule has 0 saturated heterocycles. The fourth-order valence-electron chi connectivity index (χ4n) is 3.29. The number of aromatic nitrogens is 4. The first-order chi connectivity index (χ1) is 13.4. The topological polar surface area (TPSA) is 118 Å². The molecule has 3 aromatic rings. The van der Waals surface area contributed by atoms with E-state index in [0.29, 0.717) is 25.1 Å². The number of carboxylic acids is 1. The Labute approximate surface area is 161 Å². The number of carbonyl (C=O) groups is 1. The van der Waals surface area contributed by atoms with Gasteiger partial charge in [0.05, 0.1) is 16.1 Å². The lowest BCUT2D eigenvalue weighted by molar-refractivity contribution is 0.0696. The molecule has 28 heavy (non-hydrogen) atoms. The molecule has 0 spiro atoms. The van der Waals surface area contributed by atoms with Gasteiger partial charge in [-0.25, -0.2) is 17.9 Å². The number of fused-ring (bicyclic) bond motifs is 1. The Morgan fingerprint density at radius 2 is 1.82 bits per heavy atom. The molecular formula is C18H17N5O4S. The van der Waals surface area contributed by atoms with E-state index in [1.165, 1.54) is 21.4 Å². The lowest BCUT2D eigenvalue weighted by atomic mass is 10.0. The van der Waals surface area contributed by atoms with Crippen LogP contribution in [0.25, 0.3) is 5.69 Å². The number of hydrogen-bond acceptors (Lipinski definition) is 6. The molecular weight excluding hydrogens is 382 g/mol. The molecule has 0 saturated carbocycles. The number of carboxylic acid groups (broad SMARTS) is 1. The Morgan fingerprint density at radius 1 is 1.04 bits per heavy atom. The largest absolute Gasteiger partial charge is 0.478 e. The molecule has 4 rings (SSSR count). The van der Waals surface area contributed by atoms with Gasteiger partial charge in [0.15, 0.2) is 0 Å².